The van der Waals surface area contributed by atoms with Crippen LogP contribution in [0.5, 0.6) is 0 Å². The molecule has 0 bridgehead atoms. The average molecular weight is 232 g/mol. The van der Waals surface area contributed by atoms with Gasteiger partial charge in [-0.1, -0.05) is 19.9 Å². The van der Waals surface area contributed by atoms with Gasteiger partial charge in [-0.05, 0) is 42.5 Å². The van der Waals surface area contributed by atoms with Crippen molar-refractivity contribution in [3.05, 3.63) is 35.1 Å². The highest BCUT2D eigenvalue weighted by atomic mass is 35.5. The second kappa shape index (κ2) is 6.09. The highest BCUT2D eigenvalue weighted by Gasteiger charge is 2.10. The zero-order chi connectivity index (χ0) is 10.7. The first-order valence-corrected chi connectivity index (χ1v) is 5.02. The van der Waals surface area contributed by atoms with Crippen molar-refractivity contribution in [2.75, 3.05) is 0 Å². The Hall–Kier alpha value is -0.600. The van der Waals surface area contributed by atoms with Crippen molar-refractivity contribution < 1.29 is 4.39 Å². The Balaban J connectivity index is 0.00000196. The lowest BCUT2D eigenvalue weighted by molar-refractivity contribution is 0.507. The van der Waals surface area contributed by atoms with E-state index in [4.69, 9.17) is 5.73 Å². The summed E-state index contributed by atoms with van der Waals surface area (Å²) in [7, 11) is 0. The molecule has 0 spiro atoms. The van der Waals surface area contributed by atoms with Crippen molar-refractivity contribution in [2.45, 2.75) is 33.2 Å². The largest absolute Gasteiger partial charge is 0.324 e. The van der Waals surface area contributed by atoms with Crippen LogP contribution in [0.1, 0.15) is 37.4 Å². The number of hydrogen-bond acceptors (Lipinski definition) is 1. The van der Waals surface area contributed by atoms with Gasteiger partial charge in [0.05, 0.1) is 0 Å². The summed E-state index contributed by atoms with van der Waals surface area (Å²) in [4.78, 5) is 0. The van der Waals surface area contributed by atoms with Gasteiger partial charge in [0.25, 0.3) is 0 Å². The Morgan fingerprint density at radius 3 is 2.40 bits per heavy atom. The SMILES string of the molecule is Cc1cc(F)ccc1[C@@H](N)CC(C)C.Cl. The van der Waals surface area contributed by atoms with E-state index in [9.17, 15) is 4.39 Å². The van der Waals surface area contributed by atoms with Crippen LogP contribution in [0.25, 0.3) is 0 Å². The average Bonchev–Trinajstić information content (AvgIpc) is 2.01. The molecular weight excluding hydrogens is 213 g/mol. The lowest BCUT2D eigenvalue weighted by atomic mass is 9.95. The van der Waals surface area contributed by atoms with Crippen molar-refractivity contribution >= 4 is 12.4 Å². The van der Waals surface area contributed by atoms with Gasteiger partial charge in [-0.15, -0.1) is 12.4 Å². The van der Waals surface area contributed by atoms with Crippen LogP contribution in [0, 0.1) is 18.7 Å². The zero-order valence-electron chi connectivity index (χ0n) is 9.46. The van der Waals surface area contributed by atoms with E-state index in [1.807, 2.05) is 6.92 Å². The number of rotatable bonds is 3. The molecule has 1 atom stereocenters. The van der Waals surface area contributed by atoms with Gasteiger partial charge < -0.3 is 5.73 Å². The van der Waals surface area contributed by atoms with Crippen molar-refractivity contribution in [2.24, 2.45) is 11.7 Å². The molecule has 0 aromatic heterocycles. The summed E-state index contributed by atoms with van der Waals surface area (Å²) < 4.78 is 12.8. The third-order valence-electron chi connectivity index (χ3n) is 2.36. The van der Waals surface area contributed by atoms with Crippen molar-refractivity contribution in [1.82, 2.24) is 0 Å². The number of benzene rings is 1. The van der Waals surface area contributed by atoms with Crippen LogP contribution >= 0.6 is 12.4 Å². The molecule has 3 heteroatoms. The van der Waals surface area contributed by atoms with Gasteiger partial charge in [-0.25, -0.2) is 4.39 Å². The molecule has 0 aliphatic carbocycles. The van der Waals surface area contributed by atoms with Crippen LogP contribution in [0.2, 0.25) is 0 Å². The maximum atomic E-state index is 12.8. The van der Waals surface area contributed by atoms with Crippen LogP contribution < -0.4 is 5.73 Å². The summed E-state index contributed by atoms with van der Waals surface area (Å²) in [6, 6.07) is 4.83. The summed E-state index contributed by atoms with van der Waals surface area (Å²) in [6.45, 7) is 6.18. The first-order valence-electron chi connectivity index (χ1n) is 5.02. The predicted molar refractivity (Wildman–Crippen MR) is 64.8 cm³/mol. The molecule has 2 N–H and O–H groups in total. The molecule has 0 saturated carbocycles. The molecule has 0 amide bonds. The number of aryl methyl sites for hydroxylation is 1. The van der Waals surface area contributed by atoms with Crippen LogP contribution in [0.15, 0.2) is 18.2 Å². The number of hydrogen-bond donors (Lipinski definition) is 1. The standard InChI is InChI=1S/C12H18FN.ClH/c1-8(2)6-12(14)11-5-4-10(13)7-9(11)3;/h4-5,7-8,12H,6,14H2,1-3H3;1H/t12-;/m0./s1. The first kappa shape index (κ1) is 14.4. The molecular formula is C12H19ClFN. The Morgan fingerprint density at radius 1 is 1.33 bits per heavy atom. The molecule has 0 heterocycles. The monoisotopic (exact) mass is 231 g/mol. The van der Waals surface area contributed by atoms with Crippen molar-refractivity contribution in [3.63, 3.8) is 0 Å². The van der Waals surface area contributed by atoms with E-state index in [1.54, 1.807) is 6.07 Å². The summed E-state index contributed by atoms with van der Waals surface area (Å²) in [5.41, 5.74) is 8.02. The van der Waals surface area contributed by atoms with Crippen LogP contribution in [0.3, 0.4) is 0 Å². The third-order valence-corrected chi connectivity index (χ3v) is 2.36. The normalized spacial score (nSPS) is 12.4. The highest BCUT2D eigenvalue weighted by molar-refractivity contribution is 5.85. The summed E-state index contributed by atoms with van der Waals surface area (Å²) in [5, 5.41) is 0. The van der Waals surface area contributed by atoms with Crippen molar-refractivity contribution in [1.29, 1.82) is 0 Å². The van der Waals surface area contributed by atoms with Crippen molar-refractivity contribution in [3.8, 4) is 0 Å². The minimum absolute atomic E-state index is 0. The van der Waals surface area contributed by atoms with E-state index in [0.717, 1.165) is 17.5 Å². The third kappa shape index (κ3) is 4.18. The molecule has 0 aliphatic heterocycles. The van der Waals surface area contributed by atoms with Crippen LogP contribution in [-0.2, 0) is 0 Å². The Kier molecular flexibility index (Phi) is 5.84. The molecule has 1 aromatic rings. The smallest absolute Gasteiger partial charge is 0.123 e. The first-order chi connectivity index (χ1) is 6.50. The quantitative estimate of drug-likeness (QED) is 0.845. The minimum Gasteiger partial charge on any atom is -0.324 e. The summed E-state index contributed by atoms with van der Waals surface area (Å²) >= 11 is 0. The van der Waals surface area contributed by atoms with E-state index in [2.05, 4.69) is 13.8 Å². The maximum Gasteiger partial charge on any atom is 0.123 e. The van der Waals surface area contributed by atoms with Crippen LogP contribution in [-0.4, -0.2) is 0 Å². The van der Waals surface area contributed by atoms with E-state index >= 15 is 0 Å². The maximum absolute atomic E-state index is 12.8. The lowest BCUT2D eigenvalue weighted by Gasteiger charge is -2.16. The second-order valence-corrected chi connectivity index (χ2v) is 4.24. The Bertz CT molecular complexity index is 312. The van der Waals surface area contributed by atoms with E-state index in [-0.39, 0.29) is 24.3 Å². The summed E-state index contributed by atoms with van der Waals surface area (Å²) in [5.74, 6) is 0.373. The second-order valence-electron chi connectivity index (χ2n) is 4.24. The van der Waals surface area contributed by atoms with Gasteiger partial charge in [-0.3, -0.25) is 0 Å². The molecule has 0 saturated heterocycles. The van der Waals surface area contributed by atoms with Gasteiger partial charge >= 0.3 is 0 Å². The van der Waals surface area contributed by atoms with Crippen LogP contribution in [0.4, 0.5) is 4.39 Å². The van der Waals surface area contributed by atoms with Gasteiger partial charge in [0.2, 0.25) is 0 Å². The molecule has 1 aromatic carbocycles. The minimum atomic E-state index is -0.192. The molecule has 0 radical (unpaired) electrons. The molecule has 1 nitrogen and oxygen atoms in total. The van der Waals surface area contributed by atoms with Gasteiger partial charge in [0, 0.05) is 6.04 Å². The summed E-state index contributed by atoms with van der Waals surface area (Å²) in [6.07, 6.45) is 0.937. The topological polar surface area (TPSA) is 26.0 Å². The fourth-order valence-electron chi connectivity index (χ4n) is 1.69. The number of nitrogens with two attached hydrogens (primary N) is 1. The lowest BCUT2D eigenvalue weighted by Crippen LogP contribution is -2.14. The number of halogens is 2. The van der Waals surface area contributed by atoms with Gasteiger partial charge in [0.1, 0.15) is 5.82 Å². The highest BCUT2D eigenvalue weighted by Crippen LogP contribution is 2.22. The van der Waals surface area contributed by atoms with Gasteiger partial charge in [-0.2, -0.15) is 0 Å². The van der Waals surface area contributed by atoms with Gasteiger partial charge in [0.15, 0.2) is 0 Å². The molecule has 86 valence electrons. The fraction of sp³-hybridized carbons (Fsp3) is 0.500. The molecule has 1 rings (SSSR count). The predicted octanol–water partition coefficient (Wildman–Crippen LogP) is 3.60. The van der Waals surface area contributed by atoms with E-state index in [1.165, 1.54) is 12.1 Å². The molecule has 15 heavy (non-hydrogen) atoms. The van der Waals surface area contributed by atoms with E-state index in [0.29, 0.717) is 5.92 Å². The molecule has 0 unspecified atom stereocenters. The molecule has 0 aliphatic rings. The Morgan fingerprint density at radius 2 is 1.93 bits per heavy atom. The Labute approximate surface area is 97.3 Å². The van der Waals surface area contributed by atoms with E-state index < -0.39 is 0 Å². The zero-order valence-corrected chi connectivity index (χ0v) is 10.3. The fourth-order valence-corrected chi connectivity index (χ4v) is 1.69. The molecule has 0 fully saturated rings.